The number of hydrogen-bond donors (Lipinski definition) is 0. The van der Waals surface area contributed by atoms with Crippen molar-refractivity contribution in [3.63, 3.8) is 0 Å². The van der Waals surface area contributed by atoms with Crippen LogP contribution in [0.3, 0.4) is 0 Å². The normalized spacial score (nSPS) is 15.0. The number of rotatable bonds is 4. The fourth-order valence-electron chi connectivity index (χ4n) is 2.35. The van der Waals surface area contributed by atoms with Gasteiger partial charge in [0, 0.05) is 31.7 Å². The Morgan fingerprint density at radius 2 is 1.60 bits per heavy atom. The number of carbonyl (C=O) groups excluding carboxylic acids is 2. The van der Waals surface area contributed by atoms with Crippen molar-refractivity contribution in [2.75, 3.05) is 39.4 Å². The third kappa shape index (κ3) is 5.54. The highest BCUT2D eigenvalue weighted by molar-refractivity contribution is 5.94. The van der Waals surface area contributed by atoms with Crippen LogP contribution < -0.4 is 4.74 Å². The van der Waals surface area contributed by atoms with Crippen LogP contribution in [-0.4, -0.2) is 67.4 Å². The molecule has 1 aromatic rings. The van der Waals surface area contributed by atoms with Crippen molar-refractivity contribution in [2.45, 2.75) is 13.1 Å². The summed E-state index contributed by atoms with van der Waals surface area (Å²) in [4.78, 5) is 27.1. The summed E-state index contributed by atoms with van der Waals surface area (Å²) in [7, 11) is 0. The molecule has 1 heterocycles. The second-order valence-corrected chi connectivity index (χ2v) is 5.41. The van der Waals surface area contributed by atoms with Crippen molar-refractivity contribution in [1.82, 2.24) is 9.80 Å². The summed E-state index contributed by atoms with van der Waals surface area (Å²) in [6, 6.07) is 5.50. The van der Waals surface area contributed by atoms with Crippen molar-refractivity contribution >= 4 is 12.0 Å². The van der Waals surface area contributed by atoms with Gasteiger partial charge in [0.15, 0.2) is 6.61 Å². The van der Waals surface area contributed by atoms with E-state index in [4.69, 9.17) is 4.74 Å². The van der Waals surface area contributed by atoms with Gasteiger partial charge in [-0.25, -0.2) is 4.79 Å². The maximum absolute atomic E-state index is 12.4. The smallest absolute Gasteiger partial charge is 0.422 e. The van der Waals surface area contributed by atoms with Crippen LogP contribution in [0.15, 0.2) is 24.3 Å². The van der Waals surface area contributed by atoms with Crippen molar-refractivity contribution in [3.05, 3.63) is 29.8 Å². The topological polar surface area (TPSA) is 59.1 Å². The second kappa shape index (κ2) is 8.09. The molecule has 1 aromatic carbocycles. The summed E-state index contributed by atoms with van der Waals surface area (Å²) >= 11 is 0. The molecule has 0 spiro atoms. The monoisotopic (exact) mass is 360 g/mol. The molecule has 1 aliphatic rings. The van der Waals surface area contributed by atoms with Crippen LogP contribution in [-0.2, 0) is 4.74 Å². The summed E-state index contributed by atoms with van der Waals surface area (Å²) in [5.41, 5.74) is 0.351. The highest BCUT2D eigenvalue weighted by Gasteiger charge is 2.28. The van der Waals surface area contributed by atoms with Crippen LogP contribution in [0.1, 0.15) is 17.3 Å². The van der Waals surface area contributed by atoms with E-state index in [9.17, 15) is 22.8 Å². The lowest BCUT2D eigenvalue weighted by Crippen LogP contribution is -2.50. The Balaban J connectivity index is 1.88. The van der Waals surface area contributed by atoms with Gasteiger partial charge >= 0.3 is 12.3 Å². The third-order valence-corrected chi connectivity index (χ3v) is 3.60. The minimum absolute atomic E-state index is 0.0426. The van der Waals surface area contributed by atoms with Gasteiger partial charge in [-0.3, -0.25) is 4.79 Å². The van der Waals surface area contributed by atoms with Gasteiger partial charge in [0.1, 0.15) is 5.75 Å². The summed E-state index contributed by atoms with van der Waals surface area (Å²) in [5.74, 6) is -0.202. The molecule has 1 fully saturated rings. The van der Waals surface area contributed by atoms with E-state index in [0.29, 0.717) is 38.3 Å². The molecule has 0 atom stereocenters. The number of hydrogen-bond acceptors (Lipinski definition) is 4. The van der Waals surface area contributed by atoms with Crippen LogP contribution >= 0.6 is 0 Å². The lowest BCUT2D eigenvalue weighted by Gasteiger charge is -2.34. The first-order valence-corrected chi connectivity index (χ1v) is 7.80. The summed E-state index contributed by atoms with van der Waals surface area (Å²) in [5, 5.41) is 0. The van der Waals surface area contributed by atoms with Gasteiger partial charge in [0.25, 0.3) is 5.91 Å². The number of nitrogens with zero attached hydrogens (tertiary/aromatic N) is 2. The van der Waals surface area contributed by atoms with Crippen LogP contribution in [0.25, 0.3) is 0 Å². The van der Waals surface area contributed by atoms with Crippen molar-refractivity contribution in [1.29, 1.82) is 0 Å². The Hall–Kier alpha value is -2.45. The number of piperazine rings is 1. The molecule has 25 heavy (non-hydrogen) atoms. The van der Waals surface area contributed by atoms with Gasteiger partial charge in [-0.2, -0.15) is 13.2 Å². The van der Waals surface area contributed by atoms with Crippen molar-refractivity contribution in [2.24, 2.45) is 0 Å². The number of halogens is 3. The first kappa shape index (κ1) is 18.9. The van der Waals surface area contributed by atoms with Crippen molar-refractivity contribution < 1.29 is 32.2 Å². The molecule has 0 unspecified atom stereocenters. The SMILES string of the molecule is CCOC(=O)N1CCN(C(=O)c2ccc(OCC(F)(F)F)cc2)CC1. The number of carbonyl (C=O) groups is 2. The van der Waals surface area contributed by atoms with Crippen LogP contribution in [0.5, 0.6) is 5.75 Å². The second-order valence-electron chi connectivity index (χ2n) is 5.41. The van der Waals surface area contributed by atoms with E-state index in [1.807, 2.05) is 0 Å². The Labute approximate surface area is 143 Å². The average molecular weight is 360 g/mol. The fraction of sp³-hybridized carbons (Fsp3) is 0.500. The largest absolute Gasteiger partial charge is 0.484 e. The van der Waals surface area contributed by atoms with Gasteiger partial charge in [-0.05, 0) is 31.2 Å². The van der Waals surface area contributed by atoms with Gasteiger partial charge in [-0.15, -0.1) is 0 Å². The lowest BCUT2D eigenvalue weighted by atomic mass is 10.1. The van der Waals surface area contributed by atoms with Gasteiger partial charge in [0.05, 0.1) is 6.61 Å². The van der Waals surface area contributed by atoms with Crippen LogP contribution in [0.2, 0.25) is 0 Å². The van der Waals surface area contributed by atoms with E-state index in [0.717, 1.165) is 0 Å². The Kier molecular flexibility index (Phi) is 6.11. The predicted octanol–water partition coefficient (Wildman–Crippen LogP) is 2.54. The molecule has 9 heteroatoms. The standard InChI is InChI=1S/C16H19F3N2O4/c1-2-24-15(23)21-9-7-20(8-10-21)14(22)12-3-5-13(6-4-12)25-11-16(17,18)19/h3-6H,2,7-11H2,1H3. The first-order chi connectivity index (χ1) is 11.8. The number of alkyl halides is 3. The quantitative estimate of drug-likeness (QED) is 0.828. The first-order valence-electron chi connectivity index (χ1n) is 7.80. The summed E-state index contributed by atoms with van der Waals surface area (Å²) in [6.45, 7) is 2.11. The van der Waals surface area contributed by atoms with E-state index in [1.165, 1.54) is 29.2 Å². The Morgan fingerprint density at radius 3 is 2.12 bits per heavy atom. The minimum atomic E-state index is -4.41. The lowest BCUT2D eigenvalue weighted by molar-refractivity contribution is -0.153. The number of benzene rings is 1. The minimum Gasteiger partial charge on any atom is -0.484 e. The highest BCUT2D eigenvalue weighted by atomic mass is 19.4. The molecule has 0 radical (unpaired) electrons. The van der Waals surface area contributed by atoms with Crippen LogP contribution in [0.4, 0.5) is 18.0 Å². The molecule has 0 saturated carbocycles. The van der Waals surface area contributed by atoms with E-state index in [1.54, 1.807) is 11.8 Å². The Bertz CT molecular complexity index is 596. The fourth-order valence-corrected chi connectivity index (χ4v) is 2.35. The molecule has 0 aliphatic carbocycles. The molecule has 1 saturated heterocycles. The van der Waals surface area contributed by atoms with Gasteiger partial charge < -0.3 is 19.3 Å². The van der Waals surface area contributed by atoms with Crippen LogP contribution in [0, 0.1) is 0 Å². The molecule has 138 valence electrons. The van der Waals surface area contributed by atoms with Gasteiger partial charge in [-0.1, -0.05) is 0 Å². The molecule has 0 bridgehead atoms. The molecule has 0 aromatic heterocycles. The maximum atomic E-state index is 12.4. The highest BCUT2D eigenvalue weighted by Crippen LogP contribution is 2.19. The molecule has 2 amide bonds. The zero-order chi connectivity index (χ0) is 18.4. The average Bonchev–Trinajstić information content (AvgIpc) is 2.59. The third-order valence-electron chi connectivity index (χ3n) is 3.60. The number of ether oxygens (including phenoxy) is 2. The molecule has 1 aliphatic heterocycles. The molecular weight excluding hydrogens is 341 g/mol. The molecule has 6 nitrogen and oxygen atoms in total. The zero-order valence-corrected chi connectivity index (χ0v) is 13.7. The number of amides is 2. The molecule has 0 N–H and O–H groups in total. The molecule has 2 rings (SSSR count). The van der Waals surface area contributed by atoms with Crippen molar-refractivity contribution in [3.8, 4) is 5.75 Å². The zero-order valence-electron chi connectivity index (χ0n) is 13.7. The Morgan fingerprint density at radius 1 is 1.04 bits per heavy atom. The van der Waals surface area contributed by atoms with Gasteiger partial charge in [0.2, 0.25) is 0 Å². The summed E-state index contributed by atoms with van der Waals surface area (Å²) in [6.07, 6.45) is -4.81. The van der Waals surface area contributed by atoms with E-state index in [-0.39, 0.29) is 11.7 Å². The molecular formula is C16H19F3N2O4. The summed E-state index contributed by atoms with van der Waals surface area (Å²) < 4.78 is 45.8. The van der Waals surface area contributed by atoms with E-state index >= 15 is 0 Å². The van der Waals surface area contributed by atoms with E-state index < -0.39 is 18.9 Å². The van der Waals surface area contributed by atoms with E-state index in [2.05, 4.69) is 4.74 Å². The predicted molar refractivity (Wildman–Crippen MR) is 82.5 cm³/mol. The maximum Gasteiger partial charge on any atom is 0.422 e.